The van der Waals surface area contributed by atoms with Gasteiger partial charge in [0.05, 0.1) is 12.0 Å². The van der Waals surface area contributed by atoms with E-state index in [9.17, 15) is 22.4 Å². The third-order valence-electron chi connectivity index (χ3n) is 5.97. The molecule has 3 aromatic rings. The average molecular weight is 497 g/mol. The number of aliphatic carboxylic acids is 1. The lowest BCUT2D eigenvalue weighted by Crippen LogP contribution is -2.12. The zero-order valence-electron chi connectivity index (χ0n) is 19.3. The van der Waals surface area contributed by atoms with Crippen LogP contribution in [0.4, 0.5) is 17.6 Å². The van der Waals surface area contributed by atoms with E-state index < -0.39 is 23.5 Å². The van der Waals surface area contributed by atoms with Gasteiger partial charge < -0.3 is 9.84 Å². The van der Waals surface area contributed by atoms with Crippen LogP contribution in [0.5, 0.6) is 5.75 Å². The number of allylic oxidation sites excluding steroid dienone is 3. The number of halogens is 4. The molecule has 0 radical (unpaired) electrons. The summed E-state index contributed by atoms with van der Waals surface area (Å²) in [5.74, 6) is -1.56. The summed E-state index contributed by atoms with van der Waals surface area (Å²) in [6, 6.07) is 10.7. The summed E-state index contributed by atoms with van der Waals surface area (Å²) in [6.45, 7) is 2.11. The van der Waals surface area contributed by atoms with Crippen molar-refractivity contribution in [1.82, 2.24) is 4.98 Å². The Kier molecular flexibility index (Phi) is 7.24. The van der Waals surface area contributed by atoms with Crippen molar-refractivity contribution >= 4 is 11.5 Å². The van der Waals surface area contributed by atoms with Crippen LogP contribution in [0, 0.1) is 11.7 Å². The molecule has 1 aliphatic carbocycles. The van der Waals surface area contributed by atoms with Crippen molar-refractivity contribution < 1.29 is 32.2 Å². The number of carbonyl (C=O) groups is 1. The molecule has 0 saturated carbocycles. The molecule has 2 aromatic carbocycles. The van der Waals surface area contributed by atoms with E-state index in [2.05, 4.69) is 4.98 Å². The number of hydrogen-bond donors (Lipinski definition) is 1. The van der Waals surface area contributed by atoms with Gasteiger partial charge in [0.1, 0.15) is 18.2 Å². The zero-order valence-corrected chi connectivity index (χ0v) is 19.3. The first-order valence-corrected chi connectivity index (χ1v) is 11.3. The summed E-state index contributed by atoms with van der Waals surface area (Å²) >= 11 is 0. The Morgan fingerprint density at radius 3 is 2.56 bits per heavy atom. The first-order valence-electron chi connectivity index (χ1n) is 11.3. The number of carboxylic acids is 1. The molecule has 8 heteroatoms. The second kappa shape index (κ2) is 10.4. The monoisotopic (exact) mass is 497 g/mol. The van der Waals surface area contributed by atoms with Gasteiger partial charge in [-0.25, -0.2) is 4.39 Å². The predicted molar refractivity (Wildman–Crippen MR) is 128 cm³/mol. The molecule has 0 saturated heterocycles. The standard InChI is InChI=1S/C28H23F4NO3/c1-17-10-18(6-8-22(17)20-11-19(12-27(34)35)14-33-15-20)16-36-21-7-9-23(25(13-21)28(30,31)32)24-4-2-3-5-26(24)29/h2-9,11,13-15,17H,10,12,16H2,1H3,(H,34,35)/t17-/m0/s1. The van der Waals surface area contributed by atoms with Gasteiger partial charge in [-0.3, -0.25) is 9.78 Å². The summed E-state index contributed by atoms with van der Waals surface area (Å²) in [6.07, 6.45) is 2.78. The van der Waals surface area contributed by atoms with E-state index >= 15 is 0 Å². The van der Waals surface area contributed by atoms with Gasteiger partial charge in [-0.15, -0.1) is 0 Å². The van der Waals surface area contributed by atoms with Gasteiger partial charge >= 0.3 is 12.1 Å². The number of ether oxygens (including phenoxy) is 1. The maximum atomic E-state index is 14.2. The van der Waals surface area contributed by atoms with Crippen LogP contribution in [-0.4, -0.2) is 22.7 Å². The number of rotatable bonds is 7. The molecular formula is C28H23F4NO3. The highest BCUT2D eigenvalue weighted by atomic mass is 19.4. The molecule has 0 fully saturated rings. The number of carboxylic acid groups (broad SMARTS) is 1. The molecule has 1 N–H and O–H groups in total. The van der Waals surface area contributed by atoms with Crippen molar-refractivity contribution in [2.75, 3.05) is 6.61 Å². The van der Waals surface area contributed by atoms with Crippen LogP contribution in [0.15, 0.2) is 78.6 Å². The lowest BCUT2D eigenvalue weighted by molar-refractivity contribution is -0.137. The minimum Gasteiger partial charge on any atom is -0.489 e. The van der Waals surface area contributed by atoms with Crippen LogP contribution >= 0.6 is 0 Å². The van der Waals surface area contributed by atoms with Crippen molar-refractivity contribution in [1.29, 1.82) is 0 Å². The summed E-state index contributed by atoms with van der Waals surface area (Å²) in [5.41, 5.74) is 1.98. The van der Waals surface area contributed by atoms with E-state index in [0.717, 1.165) is 28.8 Å². The minimum atomic E-state index is -4.68. The Labute approximate surface area is 205 Å². The van der Waals surface area contributed by atoms with E-state index in [1.54, 1.807) is 12.3 Å². The molecule has 0 aliphatic heterocycles. The normalized spacial score (nSPS) is 15.8. The molecule has 0 bridgehead atoms. The molecule has 1 heterocycles. The van der Waals surface area contributed by atoms with Crippen LogP contribution in [0.3, 0.4) is 0 Å². The van der Waals surface area contributed by atoms with Gasteiger partial charge in [0.15, 0.2) is 0 Å². The van der Waals surface area contributed by atoms with Crippen LogP contribution in [0.25, 0.3) is 16.7 Å². The Hall–Kier alpha value is -3.94. The lowest BCUT2D eigenvalue weighted by Gasteiger charge is -2.23. The second-order valence-corrected chi connectivity index (χ2v) is 8.68. The van der Waals surface area contributed by atoms with Crippen LogP contribution in [-0.2, 0) is 17.4 Å². The highest BCUT2D eigenvalue weighted by Crippen LogP contribution is 2.40. The molecule has 0 unspecified atom stereocenters. The number of pyridine rings is 1. The van der Waals surface area contributed by atoms with Crippen molar-refractivity contribution in [2.45, 2.75) is 25.9 Å². The molecule has 4 rings (SSSR count). The predicted octanol–water partition coefficient (Wildman–Crippen LogP) is 6.96. The molecule has 1 aromatic heterocycles. The first kappa shape index (κ1) is 25.2. The van der Waals surface area contributed by atoms with E-state index in [1.165, 1.54) is 36.5 Å². The zero-order chi connectivity index (χ0) is 25.9. The van der Waals surface area contributed by atoms with Gasteiger partial charge in [-0.05, 0) is 70.5 Å². The third-order valence-corrected chi connectivity index (χ3v) is 5.97. The minimum absolute atomic E-state index is 0.0383. The molecule has 0 amide bonds. The summed E-state index contributed by atoms with van der Waals surface area (Å²) < 4.78 is 61.1. The summed E-state index contributed by atoms with van der Waals surface area (Å²) in [5, 5.41) is 9.01. The fourth-order valence-corrected chi connectivity index (χ4v) is 4.29. The maximum absolute atomic E-state index is 14.2. The number of aromatic nitrogens is 1. The fourth-order valence-electron chi connectivity index (χ4n) is 4.29. The van der Waals surface area contributed by atoms with Crippen LogP contribution in [0.1, 0.15) is 30.0 Å². The molecular weight excluding hydrogens is 474 g/mol. The maximum Gasteiger partial charge on any atom is 0.417 e. The topological polar surface area (TPSA) is 59.4 Å². The Morgan fingerprint density at radius 1 is 1.08 bits per heavy atom. The quantitative estimate of drug-likeness (QED) is 0.359. The SMILES string of the molecule is C[C@H]1CC(COc2ccc(-c3ccccc3F)c(C(F)(F)F)c2)=CC=C1c1cncc(CC(=O)O)c1. The Balaban J connectivity index is 1.53. The first-order chi connectivity index (χ1) is 17.1. The molecule has 36 heavy (non-hydrogen) atoms. The molecule has 186 valence electrons. The van der Waals surface area contributed by atoms with Gasteiger partial charge in [-0.1, -0.05) is 37.3 Å². The van der Waals surface area contributed by atoms with Gasteiger partial charge in [0, 0.05) is 18.0 Å². The van der Waals surface area contributed by atoms with Gasteiger partial charge in [-0.2, -0.15) is 13.2 Å². The molecule has 4 nitrogen and oxygen atoms in total. The highest BCUT2D eigenvalue weighted by Gasteiger charge is 2.35. The van der Waals surface area contributed by atoms with Gasteiger partial charge in [0.2, 0.25) is 0 Å². The van der Waals surface area contributed by atoms with Crippen LogP contribution < -0.4 is 4.74 Å². The molecule has 1 aliphatic rings. The number of hydrogen-bond acceptors (Lipinski definition) is 3. The van der Waals surface area contributed by atoms with Crippen molar-refractivity contribution in [3.8, 4) is 16.9 Å². The number of nitrogens with zero attached hydrogens (tertiary/aromatic N) is 1. The largest absolute Gasteiger partial charge is 0.489 e. The van der Waals surface area contributed by atoms with Crippen molar-refractivity contribution in [2.24, 2.45) is 5.92 Å². The Bertz CT molecular complexity index is 1340. The summed E-state index contributed by atoms with van der Waals surface area (Å²) in [4.78, 5) is 15.1. The van der Waals surface area contributed by atoms with Crippen molar-refractivity contribution in [3.63, 3.8) is 0 Å². The molecule has 1 atom stereocenters. The molecule has 0 spiro atoms. The number of alkyl halides is 3. The van der Waals surface area contributed by atoms with Crippen LogP contribution in [0.2, 0.25) is 0 Å². The summed E-state index contributed by atoms with van der Waals surface area (Å²) in [7, 11) is 0. The second-order valence-electron chi connectivity index (χ2n) is 8.68. The van der Waals surface area contributed by atoms with E-state index in [4.69, 9.17) is 9.84 Å². The van der Waals surface area contributed by atoms with E-state index in [1.807, 2.05) is 19.1 Å². The Morgan fingerprint density at radius 2 is 1.86 bits per heavy atom. The third kappa shape index (κ3) is 5.82. The fraction of sp³-hybridized carbons (Fsp3) is 0.214. The number of benzene rings is 2. The van der Waals surface area contributed by atoms with E-state index in [0.29, 0.717) is 12.0 Å². The lowest BCUT2D eigenvalue weighted by atomic mass is 9.85. The van der Waals surface area contributed by atoms with E-state index in [-0.39, 0.29) is 35.8 Å². The average Bonchev–Trinajstić information content (AvgIpc) is 2.82. The van der Waals surface area contributed by atoms with Gasteiger partial charge in [0.25, 0.3) is 0 Å². The highest BCUT2D eigenvalue weighted by molar-refractivity contribution is 5.73. The van der Waals surface area contributed by atoms with Crippen molar-refractivity contribution in [3.05, 3.63) is 101 Å². The smallest absolute Gasteiger partial charge is 0.417 e.